The van der Waals surface area contributed by atoms with E-state index in [4.69, 9.17) is 0 Å². The molecule has 1 rings (SSSR count). The van der Waals surface area contributed by atoms with Gasteiger partial charge in [0.2, 0.25) is 0 Å². The molecule has 1 aromatic heterocycles. The van der Waals surface area contributed by atoms with Gasteiger partial charge in [0.05, 0.1) is 0 Å². The van der Waals surface area contributed by atoms with E-state index in [-0.39, 0.29) is 5.56 Å². The Hall–Kier alpha value is -1.57. The molecule has 0 N–H and O–H groups in total. The number of rotatable bonds is 1. The van der Waals surface area contributed by atoms with Crippen molar-refractivity contribution in [2.24, 2.45) is 7.05 Å². The maximum Gasteiger partial charge on any atom is 0.258 e. The maximum absolute atomic E-state index is 11.9. The van der Waals surface area contributed by atoms with Crippen LogP contribution in [0.5, 0.6) is 0 Å². The van der Waals surface area contributed by atoms with Crippen LogP contribution in [0.25, 0.3) is 12.7 Å². The maximum atomic E-state index is 11.9. The van der Waals surface area contributed by atoms with E-state index in [1.807, 2.05) is 39.0 Å². The fraction of sp³-hybridized carbons (Fsp3) is 0.308. The molecule has 0 aromatic carbocycles. The first-order valence-electron chi connectivity index (χ1n) is 4.97. The molecule has 0 bridgehead atoms. The Morgan fingerprint density at radius 1 is 1.53 bits per heavy atom. The van der Waals surface area contributed by atoms with Crippen molar-refractivity contribution in [1.82, 2.24) is 4.57 Å². The second-order valence-corrected chi connectivity index (χ2v) is 3.77. The monoisotopic (exact) mass is 203 g/mol. The summed E-state index contributed by atoms with van der Waals surface area (Å²) in [6, 6.07) is 1.93. The van der Waals surface area contributed by atoms with Crippen LogP contribution in [0, 0.1) is 6.92 Å². The van der Waals surface area contributed by atoms with Gasteiger partial charge >= 0.3 is 0 Å². The fourth-order valence-electron chi connectivity index (χ4n) is 1.37. The minimum Gasteiger partial charge on any atom is -0.315 e. The smallest absolute Gasteiger partial charge is 0.258 e. The summed E-state index contributed by atoms with van der Waals surface area (Å²) in [5, 5.41) is 1.47. The van der Waals surface area contributed by atoms with E-state index < -0.39 is 0 Å². The molecule has 0 aliphatic heterocycles. The third-order valence-electron chi connectivity index (χ3n) is 2.62. The Balaban J connectivity index is 3.73. The molecule has 1 heterocycles. The normalized spacial score (nSPS) is 13.3. The number of hydrogen-bond acceptors (Lipinski definition) is 1. The van der Waals surface area contributed by atoms with Crippen LogP contribution >= 0.6 is 0 Å². The van der Waals surface area contributed by atoms with E-state index in [9.17, 15) is 4.79 Å². The lowest BCUT2D eigenvalue weighted by atomic mass is 10.2. The highest BCUT2D eigenvalue weighted by atomic mass is 16.1. The van der Waals surface area contributed by atoms with Gasteiger partial charge in [-0.3, -0.25) is 4.79 Å². The molecule has 0 amide bonds. The van der Waals surface area contributed by atoms with Gasteiger partial charge in [-0.1, -0.05) is 18.2 Å². The highest BCUT2D eigenvalue weighted by Gasteiger charge is 1.97. The Labute approximate surface area is 89.9 Å². The van der Waals surface area contributed by atoms with Crippen LogP contribution in [-0.2, 0) is 7.05 Å². The molecule has 2 nitrogen and oxygen atoms in total. The van der Waals surface area contributed by atoms with Crippen LogP contribution in [0.2, 0.25) is 0 Å². The van der Waals surface area contributed by atoms with E-state index in [2.05, 4.69) is 6.58 Å². The van der Waals surface area contributed by atoms with E-state index in [1.165, 1.54) is 0 Å². The number of hydrogen-bond donors (Lipinski definition) is 0. The molecule has 0 saturated carbocycles. The Morgan fingerprint density at radius 3 is 2.67 bits per heavy atom. The summed E-state index contributed by atoms with van der Waals surface area (Å²) in [5.41, 5.74) is 2.02. The van der Waals surface area contributed by atoms with Gasteiger partial charge in [0.15, 0.2) is 0 Å². The van der Waals surface area contributed by atoms with E-state index in [1.54, 1.807) is 11.6 Å². The zero-order valence-electron chi connectivity index (χ0n) is 9.79. The molecule has 15 heavy (non-hydrogen) atoms. The molecule has 0 radical (unpaired) electrons. The van der Waals surface area contributed by atoms with Crippen molar-refractivity contribution in [3.63, 3.8) is 0 Å². The summed E-state index contributed by atoms with van der Waals surface area (Å²) in [6.45, 7) is 9.73. The van der Waals surface area contributed by atoms with Gasteiger partial charge in [-0.05, 0) is 38.1 Å². The Kier molecular flexibility index (Phi) is 3.30. The lowest BCUT2D eigenvalue weighted by molar-refractivity contribution is 0.806. The first-order chi connectivity index (χ1) is 6.97. The molecule has 0 aliphatic rings. The molecule has 0 spiro atoms. The number of nitrogens with zero attached hydrogens (tertiary/aromatic N) is 1. The highest BCUT2D eigenvalue weighted by Crippen LogP contribution is 1.90. The highest BCUT2D eigenvalue weighted by molar-refractivity contribution is 5.44. The SMILES string of the molecule is C=c1cc(C)n(C)c(=O)/c1=C/C(C)=C\C. The number of allylic oxidation sites excluding steroid dienone is 2. The lowest BCUT2D eigenvalue weighted by Crippen LogP contribution is -2.44. The molecule has 0 unspecified atom stereocenters. The number of aryl methyl sites for hydroxylation is 1. The van der Waals surface area contributed by atoms with E-state index >= 15 is 0 Å². The van der Waals surface area contributed by atoms with Crippen molar-refractivity contribution in [2.45, 2.75) is 20.8 Å². The third kappa shape index (κ3) is 2.27. The molecule has 2 heteroatoms. The second kappa shape index (κ2) is 4.30. The molecular weight excluding hydrogens is 186 g/mol. The van der Waals surface area contributed by atoms with Crippen molar-refractivity contribution in [3.8, 4) is 0 Å². The first kappa shape index (κ1) is 11.5. The average Bonchev–Trinajstić information content (AvgIpc) is 2.21. The molecule has 0 fully saturated rings. The Morgan fingerprint density at radius 2 is 2.13 bits per heavy atom. The largest absolute Gasteiger partial charge is 0.315 e. The van der Waals surface area contributed by atoms with Crippen molar-refractivity contribution in [1.29, 1.82) is 0 Å². The standard InChI is InChI=1S/C13H17NO/c1-6-9(2)7-12-10(3)8-11(4)14(5)13(12)15/h6-8H,3H2,1-2,4-5H3/b9-6-,12-7+. The predicted molar refractivity (Wildman–Crippen MR) is 65.1 cm³/mol. The van der Waals surface area contributed by atoms with Gasteiger partial charge in [-0.2, -0.15) is 0 Å². The summed E-state index contributed by atoms with van der Waals surface area (Å²) in [6.07, 6.45) is 3.85. The zero-order valence-corrected chi connectivity index (χ0v) is 9.79. The van der Waals surface area contributed by atoms with Crippen molar-refractivity contribution >= 4 is 12.7 Å². The van der Waals surface area contributed by atoms with Crippen LogP contribution in [0.4, 0.5) is 0 Å². The third-order valence-corrected chi connectivity index (χ3v) is 2.62. The van der Waals surface area contributed by atoms with Crippen molar-refractivity contribution in [2.75, 3.05) is 0 Å². The van der Waals surface area contributed by atoms with Crippen LogP contribution < -0.4 is 16.0 Å². The molecule has 0 saturated heterocycles. The lowest BCUT2D eigenvalue weighted by Gasteiger charge is -2.02. The summed E-state index contributed by atoms with van der Waals surface area (Å²) < 4.78 is 1.64. The summed E-state index contributed by atoms with van der Waals surface area (Å²) in [5.74, 6) is 0. The van der Waals surface area contributed by atoms with Crippen LogP contribution in [0.15, 0.2) is 22.5 Å². The average molecular weight is 203 g/mol. The summed E-state index contributed by atoms with van der Waals surface area (Å²) in [7, 11) is 1.78. The van der Waals surface area contributed by atoms with E-state index in [0.29, 0.717) is 5.22 Å². The molecule has 0 atom stereocenters. The van der Waals surface area contributed by atoms with E-state index in [0.717, 1.165) is 16.5 Å². The topological polar surface area (TPSA) is 22.0 Å². The first-order valence-corrected chi connectivity index (χ1v) is 4.97. The zero-order chi connectivity index (χ0) is 11.6. The number of pyridine rings is 1. The molecular formula is C13H17NO. The summed E-state index contributed by atoms with van der Waals surface area (Å²) >= 11 is 0. The number of aromatic nitrogens is 1. The van der Waals surface area contributed by atoms with Crippen molar-refractivity contribution in [3.05, 3.63) is 44.2 Å². The molecule has 0 aliphatic carbocycles. The minimum absolute atomic E-state index is 0.0150. The van der Waals surface area contributed by atoms with Gasteiger partial charge in [0.1, 0.15) is 0 Å². The molecule has 80 valence electrons. The van der Waals surface area contributed by atoms with Gasteiger partial charge in [-0.25, -0.2) is 0 Å². The van der Waals surface area contributed by atoms with Crippen LogP contribution in [0.1, 0.15) is 19.5 Å². The minimum atomic E-state index is 0.0150. The van der Waals surface area contributed by atoms with Gasteiger partial charge in [0.25, 0.3) is 5.56 Å². The van der Waals surface area contributed by atoms with Crippen LogP contribution in [0.3, 0.4) is 0 Å². The summed E-state index contributed by atoms with van der Waals surface area (Å²) in [4.78, 5) is 11.9. The fourth-order valence-corrected chi connectivity index (χ4v) is 1.37. The quantitative estimate of drug-likeness (QED) is 0.663. The second-order valence-electron chi connectivity index (χ2n) is 3.77. The molecule has 1 aromatic rings. The van der Waals surface area contributed by atoms with Crippen molar-refractivity contribution < 1.29 is 0 Å². The van der Waals surface area contributed by atoms with Gasteiger partial charge in [0, 0.05) is 18.0 Å². The predicted octanol–water partition coefficient (Wildman–Crippen LogP) is 0.851. The Bertz CT molecular complexity index is 561. The van der Waals surface area contributed by atoms with Gasteiger partial charge in [-0.15, -0.1) is 0 Å². The van der Waals surface area contributed by atoms with Crippen LogP contribution in [-0.4, -0.2) is 4.57 Å². The van der Waals surface area contributed by atoms with Gasteiger partial charge < -0.3 is 4.57 Å².